The van der Waals surface area contributed by atoms with Gasteiger partial charge in [-0.05, 0) is 32.6 Å². The van der Waals surface area contributed by atoms with E-state index >= 15 is 0 Å². The Morgan fingerprint density at radius 3 is 2.79 bits per heavy atom. The molecule has 0 spiro atoms. The fourth-order valence-electron chi connectivity index (χ4n) is 2.61. The van der Waals surface area contributed by atoms with Crippen molar-refractivity contribution in [2.45, 2.75) is 58.5 Å². The Kier molecular flexibility index (Phi) is 4.50. The number of nitrogens with zero attached hydrogens (tertiary/aromatic N) is 2. The highest BCUT2D eigenvalue weighted by atomic mass is 35.5. The molecule has 0 saturated heterocycles. The molecule has 1 aliphatic carbocycles. The second-order valence-corrected chi connectivity index (χ2v) is 6.00. The number of aryl methyl sites for hydroxylation is 1. The highest BCUT2D eigenvalue weighted by Gasteiger charge is 2.25. The minimum Gasteiger partial charge on any atom is -0.351 e. The van der Waals surface area contributed by atoms with Gasteiger partial charge in [0.25, 0.3) is 0 Å². The molecule has 1 saturated carbocycles. The summed E-state index contributed by atoms with van der Waals surface area (Å²) < 4.78 is 1.64. The first-order valence-corrected chi connectivity index (χ1v) is 7.38. The molecular weight excluding hydrogens is 262 g/mol. The number of hydrogen-bond donors (Lipinski definition) is 1. The number of rotatable bonds is 3. The lowest BCUT2D eigenvalue weighted by molar-refractivity contribution is -0.125. The summed E-state index contributed by atoms with van der Waals surface area (Å²) in [6.45, 7) is 5.90. The van der Waals surface area contributed by atoms with E-state index < -0.39 is 0 Å². The van der Waals surface area contributed by atoms with Crippen LogP contribution in [-0.4, -0.2) is 21.7 Å². The number of carbonyl (C=O) groups is 1. The number of hydrogen-bond acceptors (Lipinski definition) is 2. The summed E-state index contributed by atoms with van der Waals surface area (Å²) in [6, 6.07) is -0.0174. The molecule has 19 heavy (non-hydrogen) atoms. The molecule has 4 nitrogen and oxygen atoms in total. The van der Waals surface area contributed by atoms with Gasteiger partial charge in [-0.25, -0.2) is 0 Å². The van der Waals surface area contributed by atoms with Crippen molar-refractivity contribution in [1.29, 1.82) is 0 Å². The van der Waals surface area contributed by atoms with E-state index in [2.05, 4.69) is 17.3 Å². The van der Waals surface area contributed by atoms with Gasteiger partial charge in [0, 0.05) is 12.2 Å². The summed E-state index contributed by atoms with van der Waals surface area (Å²) >= 11 is 5.98. The molecule has 0 aromatic carbocycles. The first-order valence-electron chi connectivity index (χ1n) is 7.00. The van der Waals surface area contributed by atoms with Crippen molar-refractivity contribution in [1.82, 2.24) is 15.1 Å². The second kappa shape index (κ2) is 5.95. The maximum atomic E-state index is 12.3. The monoisotopic (exact) mass is 283 g/mol. The Morgan fingerprint density at radius 1 is 1.53 bits per heavy atom. The van der Waals surface area contributed by atoms with Crippen LogP contribution >= 0.6 is 11.6 Å². The van der Waals surface area contributed by atoms with Gasteiger partial charge < -0.3 is 5.32 Å². The molecule has 106 valence electrons. The van der Waals surface area contributed by atoms with Crippen LogP contribution < -0.4 is 5.32 Å². The van der Waals surface area contributed by atoms with E-state index in [0.29, 0.717) is 17.0 Å². The van der Waals surface area contributed by atoms with E-state index in [-0.39, 0.29) is 11.9 Å². The van der Waals surface area contributed by atoms with Crippen LogP contribution in [-0.2, 0) is 4.79 Å². The van der Waals surface area contributed by atoms with Crippen molar-refractivity contribution in [3.63, 3.8) is 0 Å². The van der Waals surface area contributed by atoms with Crippen LogP contribution in [0.1, 0.15) is 51.3 Å². The van der Waals surface area contributed by atoms with Crippen molar-refractivity contribution in [3.8, 4) is 0 Å². The molecule has 5 heteroatoms. The Morgan fingerprint density at radius 2 is 2.21 bits per heavy atom. The summed E-state index contributed by atoms with van der Waals surface area (Å²) in [6.07, 6.45) is 6.48. The number of amides is 1. The zero-order valence-corrected chi connectivity index (χ0v) is 12.6. The summed E-state index contributed by atoms with van der Waals surface area (Å²) in [5, 5.41) is 8.02. The quantitative estimate of drug-likeness (QED) is 0.926. The molecule has 1 aromatic rings. The lowest BCUT2D eigenvalue weighted by atomic mass is 9.86. The number of carbonyl (C=O) groups excluding carboxylic acids is 1. The standard InChI is InChI=1S/C14H22ClN3O/c1-9-6-4-5-7-13(9)16-14(19)11(3)18-8-12(15)10(2)17-18/h8-9,11,13H,4-7H2,1-3H3,(H,16,19)/t9-,11-,13-/m0/s1. The van der Waals surface area contributed by atoms with Crippen LogP contribution in [0, 0.1) is 12.8 Å². The first kappa shape index (κ1) is 14.4. The Hall–Kier alpha value is -1.03. The predicted octanol–water partition coefficient (Wildman–Crippen LogP) is 3.10. The molecule has 1 fully saturated rings. The van der Waals surface area contributed by atoms with Crippen molar-refractivity contribution < 1.29 is 4.79 Å². The van der Waals surface area contributed by atoms with Gasteiger partial charge in [0.05, 0.1) is 10.7 Å². The molecule has 0 unspecified atom stereocenters. The van der Waals surface area contributed by atoms with Crippen LogP contribution in [0.5, 0.6) is 0 Å². The van der Waals surface area contributed by atoms with Gasteiger partial charge in [-0.1, -0.05) is 31.4 Å². The normalized spacial score (nSPS) is 25.1. The van der Waals surface area contributed by atoms with Gasteiger partial charge in [0.1, 0.15) is 6.04 Å². The molecule has 1 aromatic heterocycles. The topological polar surface area (TPSA) is 46.9 Å². The molecule has 2 rings (SSSR count). The van der Waals surface area contributed by atoms with Gasteiger partial charge >= 0.3 is 0 Å². The first-order chi connectivity index (χ1) is 8.99. The van der Waals surface area contributed by atoms with Crippen LogP contribution in [0.2, 0.25) is 5.02 Å². The lowest BCUT2D eigenvalue weighted by Crippen LogP contribution is -2.43. The summed E-state index contributed by atoms with van der Waals surface area (Å²) in [4.78, 5) is 12.3. The average molecular weight is 284 g/mol. The lowest BCUT2D eigenvalue weighted by Gasteiger charge is -2.30. The van der Waals surface area contributed by atoms with Gasteiger partial charge in [-0.3, -0.25) is 9.48 Å². The van der Waals surface area contributed by atoms with Gasteiger partial charge in [0.2, 0.25) is 5.91 Å². The third-order valence-electron chi connectivity index (χ3n) is 4.07. The molecule has 1 heterocycles. The molecule has 1 amide bonds. The van der Waals surface area contributed by atoms with E-state index in [0.717, 1.165) is 12.1 Å². The Labute approximate surface area is 119 Å². The molecule has 1 N–H and O–H groups in total. The highest BCUT2D eigenvalue weighted by Crippen LogP contribution is 2.24. The Balaban J connectivity index is 1.99. The fraction of sp³-hybridized carbons (Fsp3) is 0.714. The van der Waals surface area contributed by atoms with Crippen molar-refractivity contribution in [2.24, 2.45) is 5.92 Å². The van der Waals surface area contributed by atoms with Gasteiger partial charge in [-0.15, -0.1) is 0 Å². The Bertz CT molecular complexity index is 438. The zero-order valence-electron chi connectivity index (χ0n) is 11.8. The largest absolute Gasteiger partial charge is 0.351 e. The fourth-order valence-corrected chi connectivity index (χ4v) is 2.75. The molecule has 0 radical (unpaired) electrons. The van der Waals surface area contributed by atoms with Crippen LogP contribution in [0.3, 0.4) is 0 Å². The van der Waals surface area contributed by atoms with E-state index in [1.807, 2.05) is 13.8 Å². The number of aromatic nitrogens is 2. The maximum Gasteiger partial charge on any atom is 0.244 e. The van der Waals surface area contributed by atoms with E-state index in [9.17, 15) is 4.79 Å². The highest BCUT2D eigenvalue weighted by molar-refractivity contribution is 6.31. The van der Waals surface area contributed by atoms with E-state index in [1.54, 1.807) is 10.9 Å². The maximum absolute atomic E-state index is 12.3. The van der Waals surface area contributed by atoms with Crippen molar-refractivity contribution >= 4 is 17.5 Å². The second-order valence-electron chi connectivity index (χ2n) is 5.60. The van der Waals surface area contributed by atoms with E-state index in [4.69, 9.17) is 11.6 Å². The molecule has 0 bridgehead atoms. The molecular formula is C14H22ClN3O. The average Bonchev–Trinajstić information content (AvgIpc) is 2.71. The minimum absolute atomic E-state index is 0.0258. The summed E-state index contributed by atoms with van der Waals surface area (Å²) in [7, 11) is 0. The SMILES string of the molecule is Cc1nn([C@@H](C)C(=O)N[C@H]2CCCC[C@@H]2C)cc1Cl. The van der Waals surface area contributed by atoms with Crippen LogP contribution in [0.15, 0.2) is 6.20 Å². The smallest absolute Gasteiger partial charge is 0.244 e. The zero-order chi connectivity index (χ0) is 14.0. The number of nitrogens with one attached hydrogen (secondary N) is 1. The molecule has 3 atom stereocenters. The molecule has 0 aliphatic heterocycles. The summed E-state index contributed by atoms with van der Waals surface area (Å²) in [5.74, 6) is 0.589. The third-order valence-corrected chi connectivity index (χ3v) is 4.44. The minimum atomic E-state index is -0.319. The van der Waals surface area contributed by atoms with Crippen LogP contribution in [0.25, 0.3) is 0 Å². The third kappa shape index (κ3) is 3.30. The van der Waals surface area contributed by atoms with Crippen molar-refractivity contribution in [3.05, 3.63) is 16.9 Å². The predicted molar refractivity (Wildman–Crippen MR) is 76.2 cm³/mol. The summed E-state index contributed by atoms with van der Waals surface area (Å²) in [5.41, 5.74) is 0.757. The van der Waals surface area contributed by atoms with Crippen LogP contribution in [0.4, 0.5) is 0 Å². The van der Waals surface area contributed by atoms with Gasteiger partial charge in [0.15, 0.2) is 0 Å². The van der Waals surface area contributed by atoms with Gasteiger partial charge in [-0.2, -0.15) is 5.10 Å². The van der Waals surface area contributed by atoms with E-state index in [1.165, 1.54) is 19.3 Å². The van der Waals surface area contributed by atoms with Crippen molar-refractivity contribution in [2.75, 3.05) is 0 Å². The number of halogens is 1. The molecule has 1 aliphatic rings.